The number of para-hydroxylation sites is 1. The normalized spacial score (nSPS) is 12.0. The maximum Gasteiger partial charge on any atom is 0.250 e. The zero-order chi connectivity index (χ0) is 18.8. The molecule has 26 heavy (non-hydrogen) atoms. The van der Waals surface area contributed by atoms with Crippen LogP contribution in [-0.2, 0) is 16.6 Å². The van der Waals surface area contributed by atoms with Crippen LogP contribution in [0.25, 0.3) is 0 Å². The summed E-state index contributed by atoms with van der Waals surface area (Å²) in [7, 11) is -1.81. The summed E-state index contributed by atoms with van der Waals surface area (Å²) >= 11 is 1.19. The average molecular weight is 397 g/mol. The van der Waals surface area contributed by atoms with Crippen molar-refractivity contribution in [3.05, 3.63) is 47.3 Å². The van der Waals surface area contributed by atoms with Crippen LogP contribution in [0, 0.1) is 0 Å². The van der Waals surface area contributed by atoms with Crippen molar-refractivity contribution in [1.29, 1.82) is 0 Å². The Morgan fingerprint density at radius 2 is 1.96 bits per heavy atom. The first-order valence-corrected chi connectivity index (χ1v) is 10.6. The summed E-state index contributed by atoms with van der Waals surface area (Å²) in [5, 5.41) is 8.00. The Labute approximate surface area is 158 Å². The minimum Gasteiger partial charge on any atom is -0.496 e. The van der Waals surface area contributed by atoms with E-state index in [4.69, 9.17) is 4.74 Å². The second-order valence-electron chi connectivity index (χ2n) is 5.26. The van der Waals surface area contributed by atoms with Crippen LogP contribution in [0.5, 0.6) is 5.75 Å². The summed E-state index contributed by atoms with van der Waals surface area (Å²) in [4.78, 5) is 4.52. The van der Waals surface area contributed by atoms with E-state index in [2.05, 4.69) is 20.3 Å². The third-order valence-electron chi connectivity index (χ3n) is 3.41. The first kappa shape index (κ1) is 20.2. The Kier molecular flexibility index (Phi) is 7.89. The van der Waals surface area contributed by atoms with Crippen LogP contribution in [0.2, 0.25) is 0 Å². The van der Waals surface area contributed by atoms with Crippen LogP contribution in [0.4, 0.5) is 0 Å². The number of guanidine groups is 1. The Morgan fingerprint density at radius 1 is 1.15 bits per heavy atom. The van der Waals surface area contributed by atoms with Crippen LogP contribution < -0.4 is 20.1 Å². The minimum atomic E-state index is -3.44. The van der Waals surface area contributed by atoms with Crippen LogP contribution in [-0.4, -0.2) is 41.1 Å². The van der Waals surface area contributed by atoms with Gasteiger partial charge in [0.2, 0.25) is 10.0 Å². The zero-order valence-electron chi connectivity index (χ0n) is 14.9. The van der Waals surface area contributed by atoms with E-state index in [0.29, 0.717) is 29.8 Å². The number of benzene rings is 1. The number of rotatable bonds is 9. The largest absolute Gasteiger partial charge is 0.496 e. The first-order chi connectivity index (χ1) is 12.6. The van der Waals surface area contributed by atoms with Crippen molar-refractivity contribution in [3.8, 4) is 5.75 Å². The van der Waals surface area contributed by atoms with Crippen molar-refractivity contribution in [2.24, 2.45) is 4.99 Å². The molecule has 3 N–H and O–H groups in total. The van der Waals surface area contributed by atoms with Crippen LogP contribution in [0.1, 0.15) is 12.5 Å². The van der Waals surface area contributed by atoms with E-state index in [-0.39, 0.29) is 6.54 Å². The molecular weight excluding hydrogens is 372 g/mol. The molecule has 7 nitrogen and oxygen atoms in total. The molecule has 0 radical (unpaired) electrons. The van der Waals surface area contributed by atoms with Gasteiger partial charge in [-0.3, -0.25) is 0 Å². The van der Waals surface area contributed by atoms with Crippen molar-refractivity contribution in [2.45, 2.75) is 17.7 Å². The molecule has 142 valence electrons. The van der Waals surface area contributed by atoms with E-state index in [9.17, 15) is 8.42 Å². The van der Waals surface area contributed by atoms with Gasteiger partial charge in [0.15, 0.2) is 5.96 Å². The second kappa shape index (κ2) is 10.1. The molecule has 1 aromatic heterocycles. The topological polar surface area (TPSA) is 91.8 Å². The SMILES string of the molecule is CCNC(=NCc1ccccc1OC)NCCNS(=O)(=O)c1cccs1. The second-order valence-corrected chi connectivity index (χ2v) is 8.21. The van der Waals surface area contributed by atoms with Crippen molar-refractivity contribution in [3.63, 3.8) is 0 Å². The Bertz CT molecular complexity index is 805. The van der Waals surface area contributed by atoms with E-state index in [0.717, 1.165) is 11.3 Å². The predicted octanol–water partition coefficient (Wildman–Crippen LogP) is 1.79. The van der Waals surface area contributed by atoms with Crippen LogP contribution in [0.3, 0.4) is 0 Å². The van der Waals surface area contributed by atoms with E-state index < -0.39 is 10.0 Å². The van der Waals surface area contributed by atoms with E-state index in [1.807, 2.05) is 31.2 Å². The standard InChI is InChI=1S/C17H24N4O3S2/c1-3-18-17(20-13-14-7-4-5-8-15(14)24-2)19-10-11-21-26(22,23)16-9-6-12-25-16/h4-9,12,21H,3,10-11,13H2,1-2H3,(H2,18,19,20). The summed E-state index contributed by atoms with van der Waals surface area (Å²) in [5.41, 5.74) is 0.977. The maximum atomic E-state index is 12.1. The maximum absolute atomic E-state index is 12.1. The molecule has 0 atom stereocenters. The Hall–Kier alpha value is -2.10. The van der Waals surface area contributed by atoms with Crippen LogP contribution in [0.15, 0.2) is 51.0 Å². The lowest BCUT2D eigenvalue weighted by molar-refractivity contribution is 0.410. The summed E-state index contributed by atoms with van der Waals surface area (Å²) in [6.45, 7) is 3.82. The number of nitrogens with zero attached hydrogens (tertiary/aromatic N) is 1. The number of aliphatic imine (C=N–C) groups is 1. The number of nitrogens with one attached hydrogen (secondary N) is 3. The molecule has 0 aliphatic carbocycles. The lowest BCUT2D eigenvalue weighted by Crippen LogP contribution is -2.41. The van der Waals surface area contributed by atoms with Gasteiger partial charge in [0.1, 0.15) is 9.96 Å². The van der Waals surface area contributed by atoms with E-state index in [1.165, 1.54) is 11.3 Å². The van der Waals surface area contributed by atoms with Crippen LogP contribution >= 0.6 is 11.3 Å². The quantitative estimate of drug-likeness (QED) is 0.341. The highest BCUT2D eigenvalue weighted by molar-refractivity contribution is 7.91. The highest BCUT2D eigenvalue weighted by atomic mass is 32.2. The molecule has 1 heterocycles. The molecule has 0 amide bonds. The molecule has 0 bridgehead atoms. The zero-order valence-corrected chi connectivity index (χ0v) is 16.5. The monoisotopic (exact) mass is 396 g/mol. The molecule has 0 spiro atoms. The smallest absolute Gasteiger partial charge is 0.250 e. The van der Waals surface area contributed by atoms with Gasteiger partial charge >= 0.3 is 0 Å². The van der Waals surface area contributed by atoms with Gasteiger partial charge in [0.05, 0.1) is 13.7 Å². The van der Waals surface area contributed by atoms with Gasteiger partial charge in [0, 0.05) is 25.2 Å². The molecule has 0 saturated carbocycles. The highest BCUT2D eigenvalue weighted by Crippen LogP contribution is 2.18. The Balaban J connectivity index is 1.87. The molecule has 0 fully saturated rings. The summed E-state index contributed by atoms with van der Waals surface area (Å²) in [6.07, 6.45) is 0. The highest BCUT2D eigenvalue weighted by Gasteiger charge is 2.13. The first-order valence-electron chi connectivity index (χ1n) is 8.24. The average Bonchev–Trinajstić information content (AvgIpc) is 3.19. The molecule has 9 heteroatoms. The molecule has 0 saturated heterocycles. The van der Waals surface area contributed by atoms with E-state index >= 15 is 0 Å². The molecule has 2 aromatic rings. The van der Waals surface area contributed by atoms with Gasteiger partial charge in [-0.1, -0.05) is 24.3 Å². The number of ether oxygens (including phenoxy) is 1. The van der Waals surface area contributed by atoms with Gasteiger partial charge in [-0.25, -0.2) is 18.1 Å². The number of sulfonamides is 1. The minimum absolute atomic E-state index is 0.263. The van der Waals surface area contributed by atoms with Crippen molar-refractivity contribution in [1.82, 2.24) is 15.4 Å². The van der Waals surface area contributed by atoms with Crippen molar-refractivity contribution in [2.75, 3.05) is 26.7 Å². The van der Waals surface area contributed by atoms with Crippen molar-refractivity contribution < 1.29 is 13.2 Å². The number of thiophene rings is 1. The third-order valence-corrected chi connectivity index (χ3v) is 6.27. The molecule has 0 aliphatic rings. The Morgan fingerprint density at radius 3 is 2.65 bits per heavy atom. The van der Waals surface area contributed by atoms with E-state index in [1.54, 1.807) is 24.6 Å². The molecule has 0 unspecified atom stereocenters. The summed E-state index contributed by atoms with van der Waals surface area (Å²) in [6, 6.07) is 11.0. The third kappa shape index (κ3) is 6.01. The van der Waals surface area contributed by atoms with Crippen molar-refractivity contribution >= 4 is 27.3 Å². The number of hydrogen-bond acceptors (Lipinski definition) is 5. The molecule has 1 aromatic carbocycles. The van der Waals surface area contributed by atoms with Gasteiger partial charge in [-0.2, -0.15) is 0 Å². The molecular formula is C17H24N4O3S2. The number of hydrogen-bond donors (Lipinski definition) is 3. The van der Waals surface area contributed by atoms with Gasteiger partial charge < -0.3 is 15.4 Å². The molecule has 0 aliphatic heterocycles. The lowest BCUT2D eigenvalue weighted by Gasteiger charge is -2.12. The van der Waals surface area contributed by atoms with Gasteiger partial charge in [-0.05, 0) is 24.4 Å². The molecule has 2 rings (SSSR count). The van der Waals surface area contributed by atoms with Gasteiger partial charge in [0.25, 0.3) is 0 Å². The predicted molar refractivity (Wildman–Crippen MR) is 105 cm³/mol. The summed E-state index contributed by atoms with van der Waals surface area (Å²) < 4.78 is 32.3. The fourth-order valence-corrected chi connectivity index (χ4v) is 4.26. The summed E-state index contributed by atoms with van der Waals surface area (Å²) in [5.74, 6) is 1.41. The number of methoxy groups -OCH3 is 1. The fourth-order valence-electron chi connectivity index (χ4n) is 2.19. The lowest BCUT2D eigenvalue weighted by atomic mass is 10.2. The fraction of sp³-hybridized carbons (Fsp3) is 0.353. The van der Waals surface area contributed by atoms with Gasteiger partial charge in [-0.15, -0.1) is 11.3 Å².